The van der Waals surface area contributed by atoms with Gasteiger partial charge in [0.15, 0.2) is 0 Å². The Kier molecular flexibility index (Phi) is 7.48. The minimum atomic E-state index is -0.307. The number of piperidine rings is 1. The smallest absolute Gasteiger partial charge is 0.224 e. The first-order valence-corrected chi connectivity index (χ1v) is 7.36. The van der Waals surface area contributed by atoms with Gasteiger partial charge < -0.3 is 10.6 Å². The summed E-state index contributed by atoms with van der Waals surface area (Å²) in [7, 11) is 0. The molecule has 0 aromatic heterocycles. The second-order valence-electron chi connectivity index (χ2n) is 4.92. The van der Waals surface area contributed by atoms with E-state index in [4.69, 9.17) is 0 Å². The molecule has 0 saturated carbocycles. The van der Waals surface area contributed by atoms with Crippen molar-refractivity contribution in [1.82, 2.24) is 10.6 Å². The minimum absolute atomic E-state index is 0. The molecule has 0 aliphatic carbocycles. The van der Waals surface area contributed by atoms with E-state index in [0.29, 0.717) is 16.8 Å². The second-order valence-corrected chi connectivity index (χ2v) is 5.78. The van der Waals surface area contributed by atoms with Gasteiger partial charge in [-0.15, -0.1) is 12.4 Å². The molecular formula is C14H19BrClFN2O. The van der Waals surface area contributed by atoms with Gasteiger partial charge in [0, 0.05) is 6.54 Å². The van der Waals surface area contributed by atoms with Gasteiger partial charge in [-0.05, 0) is 65.5 Å². The number of nitrogens with one attached hydrogen (secondary N) is 2. The second kappa shape index (κ2) is 8.60. The Morgan fingerprint density at radius 2 is 2.10 bits per heavy atom. The Morgan fingerprint density at radius 1 is 1.40 bits per heavy atom. The molecule has 20 heavy (non-hydrogen) atoms. The van der Waals surface area contributed by atoms with Crippen LogP contribution in [0, 0.1) is 11.7 Å². The molecule has 2 rings (SSSR count). The average Bonchev–Trinajstić information content (AvgIpc) is 2.42. The first-order chi connectivity index (χ1) is 9.15. The lowest BCUT2D eigenvalue weighted by Crippen LogP contribution is -2.36. The third-order valence-electron chi connectivity index (χ3n) is 3.40. The van der Waals surface area contributed by atoms with Crippen molar-refractivity contribution >= 4 is 34.2 Å². The van der Waals surface area contributed by atoms with E-state index in [9.17, 15) is 9.18 Å². The average molecular weight is 366 g/mol. The van der Waals surface area contributed by atoms with Crippen LogP contribution in [0.1, 0.15) is 18.4 Å². The van der Waals surface area contributed by atoms with Gasteiger partial charge in [-0.3, -0.25) is 4.79 Å². The molecule has 0 radical (unpaired) electrons. The Bertz CT molecular complexity index is 453. The maximum atomic E-state index is 13.1. The van der Waals surface area contributed by atoms with Crippen LogP contribution in [0.5, 0.6) is 0 Å². The molecule has 0 spiro atoms. The molecule has 1 fully saturated rings. The van der Waals surface area contributed by atoms with Crippen molar-refractivity contribution in [3.05, 3.63) is 34.1 Å². The molecular weight excluding hydrogens is 347 g/mol. The highest BCUT2D eigenvalue weighted by Crippen LogP contribution is 2.17. The molecule has 0 atom stereocenters. The molecule has 1 aliphatic rings. The zero-order chi connectivity index (χ0) is 13.7. The minimum Gasteiger partial charge on any atom is -0.356 e. The molecule has 1 amide bonds. The van der Waals surface area contributed by atoms with Gasteiger partial charge in [-0.1, -0.05) is 6.07 Å². The molecule has 1 saturated heterocycles. The summed E-state index contributed by atoms with van der Waals surface area (Å²) in [5, 5.41) is 6.26. The van der Waals surface area contributed by atoms with Gasteiger partial charge in [0.1, 0.15) is 5.82 Å². The quantitative estimate of drug-likeness (QED) is 0.861. The van der Waals surface area contributed by atoms with Crippen molar-refractivity contribution in [2.45, 2.75) is 19.3 Å². The first kappa shape index (κ1) is 17.4. The third kappa shape index (κ3) is 5.38. The summed E-state index contributed by atoms with van der Waals surface area (Å²) in [6.07, 6.45) is 2.52. The van der Waals surface area contributed by atoms with E-state index < -0.39 is 0 Å². The first-order valence-electron chi connectivity index (χ1n) is 6.56. The van der Waals surface area contributed by atoms with Crippen molar-refractivity contribution in [1.29, 1.82) is 0 Å². The van der Waals surface area contributed by atoms with Crippen LogP contribution in [0.3, 0.4) is 0 Å². The molecule has 3 nitrogen and oxygen atoms in total. The number of rotatable bonds is 4. The lowest BCUT2D eigenvalue weighted by Gasteiger charge is -2.22. The molecule has 6 heteroatoms. The van der Waals surface area contributed by atoms with E-state index in [1.54, 1.807) is 12.1 Å². The van der Waals surface area contributed by atoms with Crippen LogP contribution in [-0.2, 0) is 11.2 Å². The van der Waals surface area contributed by atoms with E-state index in [1.165, 1.54) is 6.07 Å². The topological polar surface area (TPSA) is 41.1 Å². The van der Waals surface area contributed by atoms with Crippen molar-refractivity contribution in [3.8, 4) is 0 Å². The number of hydrogen-bond acceptors (Lipinski definition) is 2. The van der Waals surface area contributed by atoms with E-state index in [0.717, 1.165) is 38.0 Å². The van der Waals surface area contributed by atoms with Crippen molar-refractivity contribution < 1.29 is 9.18 Å². The predicted molar refractivity (Wildman–Crippen MR) is 83.7 cm³/mol. The lowest BCUT2D eigenvalue weighted by molar-refractivity contribution is -0.120. The highest BCUT2D eigenvalue weighted by molar-refractivity contribution is 9.10. The summed E-state index contributed by atoms with van der Waals surface area (Å²) >= 11 is 3.12. The van der Waals surface area contributed by atoms with E-state index >= 15 is 0 Å². The fourth-order valence-corrected chi connectivity index (χ4v) is 2.67. The van der Waals surface area contributed by atoms with Gasteiger partial charge >= 0.3 is 0 Å². The summed E-state index contributed by atoms with van der Waals surface area (Å²) in [5.74, 6) is 0.265. The Labute approximate surface area is 133 Å². The fourth-order valence-electron chi connectivity index (χ4n) is 2.24. The van der Waals surface area contributed by atoms with Crippen LogP contribution in [0.25, 0.3) is 0 Å². The predicted octanol–water partition coefficient (Wildman–Crippen LogP) is 2.67. The van der Waals surface area contributed by atoms with Crippen LogP contribution >= 0.6 is 28.3 Å². The van der Waals surface area contributed by atoms with Gasteiger partial charge in [-0.25, -0.2) is 4.39 Å². The van der Waals surface area contributed by atoms with Gasteiger partial charge in [0.05, 0.1) is 10.9 Å². The van der Waals surface area contributed by atoms with Gasteiger partial charge in [-0.2, -0.15) is 0 Å². The highest BCUT2D eigenvalue weighted by Gasteiger charge is 2.14. The Hall–Kier alpha value is -0.650. The van der Waals surface area contributed by atoms with E-state index in [1.807, 2.05) is 0 Å². The van der Waals surface area contributed by atoms with Crippen LogP contribution in [0.15, 0.2) is 22.7 Å². The number of carbonyl (C=O) groups excluding carboxylic acids is 1. The molecule has 1 aromatic rings. The summed E-state index contributed by atoms with van der Waals surface area (Å²) in [6.45, 7) is 2.81. The van der Waals surface area contributed by atoms with Crippen molar-refractivity contribution in [2.75, 3.05) is 19.6 Å². The molecule has 112 valence electrons. The zero-order valence-corrected chi connectivity index (χ0v) is 13.5. The largest absolute Gasteiger partial charge is 0.356 e. The summed E-state index contributed by atoms with van der Waals surface area (Å²) in [4.78, 5) is 11.8. The highest BCUT2D eigenvalue weighted by atomic mass is 79.9. The number of amides is 1. The monoisotopic (exact) mass is 364 g/mol. The van der Waals surface area contributed by atoms with Crippen LogP contribution < -0.4 is 10.6 Å². The van der Waals surface area contributed by atoms with Crippen LogP contribution in [0.4, 0.5) is 4.39 Å². The van der Waals surface area contributed by atoms with Crippen LogP contribution in [0.2, 0.25) is 0 Å². The Balaban J connectivity index is 0.00000200. The van der Waals surface area contributed by atoms with Crippen molar-refractivity contribution in [2.24, 2.45) is 5.92 Å². The Morgan fingerprint density at radius 3 is 2.75 bits per heavy atom. The van der Waals surface area contributed by atoms with Crippen molar-refractivity contribution in [3.63, 3.8) is 0 Å². The number of benzene rings is 1. The summed E-state index contributed by atoms with van der Waals surface area (Å²) < 4.78 is 13.5. The third-order valence-corrected chi connectivity index (χ3v) is 4.00. The standard InChI is InChI=1S/C14H18BrFN2O.ClH/c15-12-7-11(1-2-13(12)16)8-14(19)18-9-10-3-5-17-6-4-10;/h1-2,7,10,17H,3-6,8-9H2,(H,18,19);1H. The van der Waals surface area contributed by atoms with Crippen LogP contribution in [-0.4, -0.2) is 25.5 Å². The summed E-state index contributed by atoms with van der Waals surface area (Å²) in [6, 6.07) is 4.67. The summed E-state index contributed by atoms with van der Waals surface area (Å²) in [5.41, 5.74) is 0.816. The zero-order valence-electron chi connectivity index (χ0n) is 11.1. The number of hydrogen-bond donors (Lipinski definition) is 2. The molecule has 0 unspecified atom stereocenters. The van der Waals surface area contributed by atoms with E-state index in [2.05, 4.69) is 26.6 Å². The lowest BCUT2D eigenvalue weighted by atomic mass is 9.98. The fraction of sp³-hybridized carbons (Fsp3) is 0.500. The van der Waals surface area contributed by atoms with Gasteiger partial charge in [0.2, 0.25) is 5.91 Å². The maximum Gasteiger partial charge on any atom is 0.224 e. The number of halogens is 3. The molecule has 1 heterocycles. The molecule has 0 bridgehead atoms. The molecule has 1 aromatic carbocycles. The molecule has 2 N–H and O–H groups in total. The normalized spacial score (nSPS) is 15.5. The number of carbonyl (C=O) groups is 1. The van der Waals surface area contributed by atoms with Gasteiger partial charge in [0.25, 0.3) is 0 Å². The van der Waals surface area contributed by atoms with E-state index in [-0.39, 0.29) is 24.1 Å². The SMILES string of the molecule is Cl.O=C(Cc1ccc(F)c(Br)c1)NCC1CCNCC1. The molecule has 1 aliphatic heterocycles. The maximum absolute atomic E-state index is 13.1.